The lowest BCUT2D eigenvalue weighted by molar-refractivity contribution is 0.107. The fourth-order valence-corrected chi connectivity index (χ4v) is 3.06. The molecule has 0 aromatic heterocycles. The Morgan fingerprint density at radius 2 is 1.90 bits per heavy atom. The number of nitrogens with one attached hydrogen (secondary N) is 1. The van der Waals surface area contributed by atoms with Crippen LogP contribution in [0.2, 0.25) is 5.02 Å². The maximum Gasteiger partial charge on any atom is 0.160 e. The second-order valence-electron chi connectivity index (χ2n) is 6.71. The van der Waals surface area contributed by atoms with Gasteiger partial charge in [-0.1, -0.05) is 23.7 Å². The maximum absolute atomic E-state index is 10.1. The third-order valence-corrected chi connectivity index (χ3v) is 4.81. The van der Waals surface area contributed by atoms with Crippen LogP contribution in [0.4, 0.5) is 0 Å². The number of benzene rings is 2. The van der Waals surface area contributed by atoms with Crippen molar-refractivity contribution in [2.24, 2.45) is 0 Å². The second-order valence-corrected chi connectivity index (χ2v) is 7.12. The first-order valence-electron chi connectivity index (χ1n) is 9.57. The van der Waals surface area contributed by atoms with Crippen LogP contribution in [-0.4, -0.2) is 45.1 Å². The fraction of sp³-hybridized carbons (Fsp3) is 0.348. The van der Waals surface area contributed by atoms with Gasteiger partial charge in [0.2, 0.25) is 0 Å². The number of rotatable bonds is 11. The Morgan fingerprint density at radius 3 is 2.57 bits per heavy atom. The van der Waals surface area contributed by atoms with E-state index in [2.05, 4.69) is 5.32 Å². The summed E-state index contributed by atoms with van der Waals surface area (Å²) in [7, 11) is 3.22. The number of aliphatic hydroxyl groups is 1. The molecule has 30 heavy (non-hydrogen) atoms. The summed E-state index contributed by atoms with van der Waals surface area (Å²) < 4.78 is 16.2. The predicted octanol–water partition coefficient (Wildman–Crippen LogP) is 3.86. The van der Waals surface area contributed by atoms with Gasteiger partial charge in [0.05, 0.1) is 25.3 Å². The zero-order chi connectivity index (χ0) is 21.9. The number of hydrogen-bond acceptors (Lipinski definition) is 6. The molecule has 0 saturated heterocycles. The van der Waals surface area contributed by atoms with Crippen LogP contribution in [0, 0.1) is 11.3 Å². The van der Waals surface area contributed by atoms with Crippen molar-refractivity contribution in [1.82, 2.24) is 5.32 Å². The molecule has 0 bridgehead atoms. The van der Waals surface area contributed by atoms with Crippen molar-refractivity contribution in [3.8, 4) is 23.3 Å². The Morgan fingerprint density at radius 1 is 1.17 bits per heavy atom. The summed E-state index contributed by atoms with van der Waals surface area (Å²) in [6.45, 7) is 3.06. The Balaban J connectivity index is 1.76. The van der Waals surface area contributed by atoms with Gasteiger partial charge in [-0.05, 0) is 60.9 Å². The third kappa shape index (κ3) is 6.96. The SMILES string of the molecule is COc1ccc(CCNCC(O)COc2ccc(/C(C)=C\C#N)cc2Cl)cc1OC. The second kappa shape index (κ2) is 12.1. The van der Waals surface area contributed by atoms with Crippen molar-refractivity contribution in [3.05, 3.63) is 58.6 Å². The van der Waals surface area contributed by atoms with Crippen molar-refractivity contribution in [1.29, 1.82) is 5.26 Å². The molecule has 0 aliphatic heterocycles. The molecule has 2 aromatic rings. The van der Waals surface area contributed by atoms with Gasteiger partial charge in [0.25, 0.3) is 0 Å². The van der Waals surface area contributed by atoms with Crippen LogP contribution in [0.15, 0.2) is 42.5 Å². The molecular formula is C23H27ClN2O4. The average molecular weight is 431 g/mol. The van der Waals surface area contributed by atoms with E-state index in [9.17, 15) is 5.11 Å². The van der Waals surface area contributed by atoms with Crippen molar-refractivity contribution in [2.75, 3.05) is 33.9 Å². The highest BCUT2D eigenvalue weighted by Gasteiger charge is 2.09. The molecule has 0 aliphatic carbocycles. The summed E-state index contributed by atoms with van der Waals surface area (Å²) in [4.78, 5) is 0. The smallest absolute Gasteiger partial charge is 0.160 e. The molecule has 0 fully saturated rings. The summed E-state index contributed by atoms with van der Waals surface area (Å²) in [6, 6.07) is 13.1. The molecule has 1 unspecified atom stereocenters. The normalized spacial score (nSPS) is 12.2. The number of allylic oxidation sites excluding steroid dienone is 2. The fourth-order valence-electron chi connectivity index (χ4n) is 2.83. The molecule has 2 aromatic carbocycles. The lowest BCUT2D eigenvalue weighted by atomic mass is 10.1. The van der Waals surface area contributed by atoms with E-state index in [4.69, 9.17) is 31.1 Å². The van der Waals surface area contributed by atoms with Gasteiger partial charge in [0.15, 0.2) is 11.5 Å². The van der Waals surface area contributed by atoms with Crippen LogP contribution in [0.1, 0.15) is 18.1 Å². The van der Waals surface area contributed by atoms with Crippen molar-refractivity contribution in [2.45, 2.75) is 19.4 Å². The highest BCUT2D eigenvalue weighted by Crippen LogP contribution is 2.29. The Kier molecular flexibility index (Phi) is 9.49. The van der Waals surface area contributed by atoms with Crippen molar-refractivity contribution >= 4 is 17.2 Å². The molecule has 1 atom stereocenters. The predicted molar refractivity (Wildman–Crippen MR) is 118 cm³/mol. The van der Waals surface area contributed by atoms with Gasteiger partial charge < -0.3 is 24.6 Å². The summed E-state index contributed by atoms with van der Waals surface area (Å²) >= 11 is 6.25. The lowest BCUT2D eigenvalue weighted by Crippen LogP contribution is -2.32. The van der Waals surface area contributed by atoms with Crippen molar-refractivity contribution in [3.63, 3.8) is 0 Å². The largest absolute Gasteiger partial charge is 0.493 e. The number of nitriles is 1. The van der Waals surface area contributed by atoms with Crippen LogP contribution < -0.4 is 19.5 Å². The Bertz CT molecular complexity index is 909. The van der Waals surface area contributed by atoms with Gasteiger partial charge in [-0.15, -0.1) is 0 Å². The standard InChI is InChI=1S/C23H27ClN2O4/c1-16(8-10-25)18-5-7-21(20(24)13-18)30-15-19(27)14-26-11-9-17-4-6-22(28-2)23(12-17)29-3/h4-8,12-13,19,26-27H,9,11,14-15H2,1-3H3/b16-8-. The van der Waals surface area contributed by atoms with Crippen LogP contribution >= 0.6 is 11.6 Å². The molecular weight excluding hydrogens is 404 g/mol. The highest BCUT2D eigenvalue weighted by atomic mass is 35.5. The van der Waals surface area contributed by atoms with E-state index >= 15 is 0 Å². The molecule has 0 heterocycles. The first kappa shape index (κ1) is 23.6. The van der Waals surface area contributed by atoms with Crippen molar-refractivity contribution < 1.29 is 19.3 Å². The number of aliphatic hydroxyl groups excluding tert-OH is 1. The molecule has 2 rings (SSSR count). The number of halogens is 1. The number of ether oxygens (including phenoxy) is 3. The molecule has 0 radical (unpaired) electrons. The third-order valence-electron chi connectivity index (χ3n) is 4.52. The van der Waals surface area contributed by atoms with Crippen LogP contribution in [0.25, 0.3) is 5.57 Å². The number of nitrogens with zero attached hydrogens (tertiary/aromatic N) is 1. The number of methoxy groups -OCH3 is 2. The molecule has 2 N–H and O–H groups in total. The van der Waals surface area contributed by atoms with E-state index in [0.29, 0.717) is 35.4 Å². The summed E-state index contributed by atoms with van der Waals surface area (Å²) in [5, 5.41) is 22.5. The Labute approximate surface area is 182 Å². The van der Waals surface area contributed by atoms with Gasteiger partial charge in [-0.2, -0.15) is 5.26 Å². The first-order chi connectivity index (χ1) is 14.5. The molecule has 160 valence electrons. The van der Waals surface area contributed by atoms with Crippen LogP contribution in [-0.2, 0) is 6.42 Å². The zero-order valence-electron chi connectivity index (χ0n) is 17.4. The average Bonchev–Trinajstić information content (AvgIpc) is 2.75. The van der Waals surface area contributed by atoms with Gasteiger partial charge in [-0.25, -0.2) is 0 Å². The lowest BCUT2D eigenvalue weighted by Gasteiger charge is -2.15. The summed E-state index contributed by atoms with van der Waals surface area (Å²) in [5.41, 5.74) is 2.79. The monoisotopic (exact) mass is 430 g/mol. The first-order valence-corrected chi connectivity index (χ1v) is 9.95. The molecule has 0 amide bonds. The minimum Gasteiger partial charge on any atom is -0.493 e. The zero-order valence-corrected chi connectivity index (χ0v) is 18.2. The topological polar surface area (TPSA) is 83.7 Å². The van der Waals surface area contributed by atoms with E-state index in [0.717, 1.165) is 23.1 Å². The van der Waals surface area contributed by atoms with Crippen LogP contribution in [0.3, 0.4) is 0 Å². The quantitative estimate of drug-likeness (QED) is 0.416. The minimum atomic E-state index is -0.675. The van der Waals surface area contributed by atoms with E-state index in [-0.39, 0.29) is 6.61 Å². The van der Waals surface area contributed by atoms with Crippen LogP contribution in [0.5, 0.6) is 17.2 Å². The van der Waals surface area contributed by atoms with Gasteiger partial charge in [0.1, 0.15) is 18.5 Å². The highest BCUT2D eigenvalue weighted by molar-refractivity contribution is 6.32. The summed E-state index contributed by atoms with van der Waals surface area (Å²) in [6.07, 6.45) is 1.58. The van der Waals surface area contributed by atoms with Gasteiger partial charge in [0, 0.05) is 12.6 Å². The molecule has 0 saturated carbocycles. The minimum absolute atomic E-state index is 0.120. The Hall–Kier alpha value is -2.72. The maximum atomic E-state index is 10.1. The number of hydrogen-bond donors (Lipinski definition) is 2. The summed E-state index contributed by atoms with van der Waals surface area (Å²) in [5.74, 6) is 1.89. The van der Waals surface area contributed by atoms with Gasteiger partial charge in [-0.3, -0.25) is 0 Å². The molecule has 0 aliphatic rings. The van der Waals surface area contributed by atoms with E-state index in [1.54, 1.807) is 26.4 Å². The van der Waals surface area contributed by atoms with E-state index < -0.39 is 6.10 Å². The molecule has 6 nitrogen and oxygen atoms in total. The molecule has 7 heteroatoms. The van der Waals surface area contributed by atoms with E-state index in [1.807, 2.05) is 37.3 Å². The van der Waals surface area contributed by atoms with E-state index in [1.165, 1.54) is 6.08 Å². The van der Waals surface area contributed by atoms with Gasteiger partial charge >= 0.3 is 0 Å². The molecule has 0 spiro atoms.